The minimum Gasteiger partial charge on any atom is -0.366 e. The van der Waals surface area contributed by atoms with E-state index in [1.54, 1.807) is 49.1 Å². The standard InChI is InChI=1S/C22H19FN8O/c1-13(14-2-4-17(23)5-3-14)28-22-29-18(15-8-16(21(24)32)11-26-10-15)9-19(31-22)30-20-12-25-6-7-27-20/h2-13H,1H3,(H2,24,32)(H2,27,28,29,30,31). The summed E-state index contributed by atoms with van der Waals surface area (Å²) in [4.78, 5) is 33.0. The first-order valence-electron chi connectivity index (χ1n) is 9.67. The molecule has 1 amide bonds. The molecule has 160 valence electrons. The predicted octanol–water partition coefficient (Wildman–Crippen LogP) is 3.48. The number of hydrogen-bond donors (Lipinski definition) is 3. The average Bonchev–Trinajstić information content (AvgIpc) is 2.80. The van der Waals surface area contributed by atoms with Crippen LogP contribution in [0.2, 0.25) is 0 Å². The molecule has 4 rings (SSSR count). The first-order valence-corrected chi connectivity index (χ1v) is 9.67. The summed E-state index contributed by atoms with van der Waals surface area (Å²) in [6.07, 6.45) is 7.65. The van der Waals surface area contributed by atoms with Gasteiger partial charge in [0.2, 0.25) is 11.9 Å². The molecule has 0 aliphatic carbocycles. The molecule has 32 heavy (non-hydrogen) atoms. The van der Waals surface area contributed by atoms with E-state index in [2.05, 4.69) is 35.6 Å². The molecule has 1 unspecified atom stereocenters. The molecule has 1 aromatic carbocycles. The van der Waals surface area contributed by atoms with Gasteiger partial charge in [-0.05, 0) is 30.7 Å². The fourth-order valence-corrected chi connectivity index (χ4v) is 2.96. The molecule has 1 atom stereocenters. The molecule has 0 saturated carbocycles. The second-order valence-electron chi connectivity index (χ2n) is 6.92. The highest BCUT2D eigenvalue weighted by Gasteiger charge is 2.13. The number of carbonyl (C=O) groups excluding carboxylic acids is 1. The zero-order chi connectivity index (χ0) is 22.5. The van der Waals surface area contributed by atoms with Crippen LogP contribution in [-0.2, 0) is 0 Å². The fourth-order valence-electron chi connectivity index (χ4n) is 2.96. The zero-order valence-electron chi connectivity index (χ0n) is 17.0. The summed E-state index contributed by atoms with van der Waals surface area (Å²) in [5.41, 5.74) is 7.61. The smallest absolute Gasteiger partial charge is 0.250 e. The van der Waals surface area contributed by atoms with Crippen molar-refractivity contribution in [3.8, 4) is 11.3 Å². The topological polar surface area (TPSA) is 132 Å². The molecule has 0 fully saturated rings. The second-order valence-corrected chi connectivity index (χ2v) is 6.92. The van der Waals surface area contributed by atoms with E-state index in [1.807, 2.05) is 6.92 Å². The van der Waals surface area contributed by atoms with Crippen molar-refractivity contribution < 1.29 is 9.18 Å². The highest BCUT2D eigenvalue weighted by atomic mass is 19.1. The maximum absolute atomic E-state index is 13.3. The Morgan fingerprint density at radius 1 is 1.00 bits per heavy atom. The van der Waals surface area contributed by atoms with Gasteiger partial charge in [-0.3, -0.25) is 14.8 Å². The van der Waals surface area contributed by atoms with Crippen LogP contribution < -0.4 is 16.4 Å². The number of nitrogens with zero attached hydrogens (tertiary/aromatic N) is 5. The third kappa shape index (κ3) is 4.98. The molecule has 3 aromatic heterocycles. The summed E-state index contributed by atoms with van der Waals surface area (Å²) in [5.74, 6) is 0.369. The van der Waals surface area contributed by atoms with Gasteiger partial charge in [0.05, 0.1) is 23.5 Å². The molecule has 4 N–H and O–H groups in total. The fraction of sp³-hybridized carbons (Fsp3) is 0.0909. The minimum absolute atomic E-state index is 0.203. The van der Waals surface area contributed by atoms with Crippen molar-refractivity contribution in [3.05, 3.63) is 84.3 Å². The lowest BCUT2D eigenvalue weighted by molar-refractivity contribution is 0.1000. The summed E-state index contributed by atoms with van der Waals surface area (Å²) in [5, 5.41) is 6.30. The number of anilines is 3. The van der Waals surface area contributed by atoms with E-state index >= 15 is 0 Å². The van der Waals surface area contributed by atoms with Crippen LogP contribution in [-0.4, -0.2) is 30.8 Å². The molecule has 0 radical (unpaired) electrons. The number of halogens is 1. The van der Waals surface area contributed by atoms with E-state index in [4.69, 9.17) is 5.73 Å². The van der Waals surface area contributed by atoms with Gasteiger partial charge in [-0.2, -0.15) is 4.98 Å². The molecule has 0 saturated heterocycles. The monoisotopic (exact) mass is 430 g/mol. The van der Waals surface area contributed by atoms with Gasteiger partial charge in [0, 0.05) is 36.4 Å². The van der Waals surface area contributed by atoms with Crippen molar-refractivity contribution in [2.75, 3.05) is 10.6 Å². The van der Waals surface area contributed by atoms with E-state index in [9.17, 15) is 9.18 Å². The molecular weight excluding hydrogens is 411 g/mol. The quantitative estimate of drug-likeness (QED) is 0.406. The van der Waals surface area contributed by atoms with Crippen molar-refractivity contribution >= 4 is 23.5 Å². The van der Waals surface area contributed by atoms with E-state index < -0.39 is 5.91 Å². The molecule has 4 aromatic rings. The second kappa shape index (κ2) is 9.13. The number of rotatable bonds is 7. The summed E-state index contributed by atoms with van der Waals surface area (Å²) in [6.45, 7) is 1.91. The molecule has 0 aliphatic rings. The number of benzene rings is 1. The summed E-state index contributed by atoms with van der Waals surface area (Å²) < 4.78 is 13.3. The first kappa shape index (κ1) is 20.8. The van der Waals surface area contributed by atoms with Crippen LogP contribution in [0.5, 0.6) is 0 Å². The van der Waals surface area contributed by atoms with Crippen LogP contribution in [0.3, 0.4) is 0 Å². The minimum atomic E-state index is -0.588. The lowest BCUT2D eigenvalue weighted by Crippen LogP contribution is -2.12. The van der Waals surface area contributed by atoms with Gasteiger partial charge in [0.1, 0.15) is 17.5 Å². The van der Waals surface area contributed by atoms with E-state index in [1.165, 1.54) is 18.3 Å². The van der Waals surface area contributed by atoms with Gasteiger partial charge >= 0.3 is 0 Å². The van der Waals surface area contributed by atoms with Crippen LogP contribution in [0.1, 0.15) is 28.9 Å². The van der Waals surface area contributed by atoms with Crippen molar-refractivity contribution in [2.24, 2.45) is 5.73 Å². The number of amides is 1. The maximum atomic E-state index is 13.3. The Hall–Kier alpha value is -4.47. The Bertz CT molecular complexity index is 1230. The van der Waals surface area contributed by atoms with Gasteiger partial charge in [0.25, 0.3) is 0 Å². The van der Waals surface area contributed by atoms with E-state index in [-0.39, 0.29) is 17.4 Å². The first-order chi connectivity index (χ1) is 15.5. The van der Waals surface area contributed by atoms with Gasteiger partial charge < -0.3 is 16.4 Å². The number of pyridine rings is 1. The van der Waals surface area contributed by atoms with Crippen molar-refractivity contribution in [2.45, 2.75) is 13.0 Å². The van der Waals surface area contributed by atoms with Gasteiger partial charge in [-0.1, -0.05) is 12.1 Å². The Balaban J connectivity index is 1.70. The molecule has 9 nitrogen and oxygen atoms in total. The number of carbonyl (C=O) groups is 1. The number of hydrogen-bond acceptors (Lipinski definition) is 8. The van der Waals surface area contributed by atoms with Crippen LogP contribution in [0.4, 0.5) is 22.0 Å². The van der Waals surface area contributed by atoms with Crippen molar-refractivity contribution in [1.82, 2.24) is 24.9 Å². The number of nitrogens with two attached hydrogens (primary N) is 1. The van der Waals surface area contributed by atoms with E-state index in [0.29, 0.717) is 28.8 Å². The van der Waals surface area contributed by atoms with Gasteiger partial charge in [-0.25, -0.2) is 14.4 Å². The number of nitrogens with one attached hydrogen (secondary N) is 2. The molecule has 10 heteroatoms. The third-order valence-corrected chi connectivity index (χ3v) is 4.58. The predicted molar refractivity (Wildman–Crippen MR) is 118 cm³/mol. The third-order valence-electron chi connectivity index (χ3n) is 4.58. The number of aromatic nitrogens is 5. The Kier molecular flexibility index (Phi) is 5.93. The Morgan fingerprint density at radius 3 is 2.53 bits per heavy atom. The molecule has 3 heterocycles. The number of primary amides is 1. The largest absolute Gasteiger partial charge is 0.366 e. The molecule has 0 bridgehead atoms. The van der Waals surface area contributed by atoms with Gasteiger partial charge in [-0.15, -0.1) is 0 Å². The van der Waals surface area contributed by atoms with E-state index in [0.717, 1.165) is 5.56 Å². The lowest BCUT2D eigenvalue weighted by atomic mass is 10.1. The molecule has 0 aliphatic heterocycles. The lowest BCUT2D eigenvalue weighted by Gasteiger charge is -2.16. The van der Waals surface area contributed by atoms with Crippen LogP contribution in [0.25, 0.3) is 11.3 Å². The average molecular weight is 430 g/mol. The maximum Gasteiger partial charge on any atom is 0.250 e. The Morgan fingerprint density at radius 2 is 1.81 bits per heavy atom. The molecular formula is C22H19FN8O. The van der Waals surface area contributed by atoms with Crippen LogP contribution in [0, 0.1) is 5.82 Å². The molecule has 0 spiro atoms. The van der Waals surface area contributed by atoms with Crippen molar-refractivity contribution in [1.29, 1.82) is 0 Å². The summed E-state index contributed by atoms with van der Waals surface area (Å²) in [6, 6.07) is 9.28. The SMILES string of the molecule is CC(Nc1nc(Nc2cnccn2)cc(-c2cncc(C(N)=O)c2)n1)c1ccc(F)cc1. The normalized spacial score (nSPS) is 11.6. The van der Waals surface area contributed by atoms with Gasteiger partial charge in [0.15, 0.2) is 0 Å². The van der Waals surface area contributed by atoms with Crippen molar-refractivity contribution in [3.63, 3.8) is 0 Å². The zero-order valence-corrected chi connectivity index (χ0v) is 17.0. The highest BCUT2D eigenvalue weighted by Crippen LogP contribution is 2.25. The van der Waals surface area contributed by atoms with Crippen LogP contribution >= 0.6 is 0 Å². The summed E-state index contributed by atoms with van der Waals surface area (Å²) in [7, 11) is 0. The highest BCUT2D eigenvalue weighted by molar-refractivity contribution is 5.93. The Labute approximate surface area is 183 Å². The summed E-state index contributed by atoms with van der Waals surface area (Å²) >= 11 is 0. The van der Waals surface area contributed by atoms with Crippen LogP contribution in [0.15, 0.2) is 67.4 Å².